The first-order valence-corrected chi connectivity index (χ1v) is 4.56. The van der Waals surface area contributed by atoms with E-state index in [-0.39, 0.29) is 10.2 Å². The highest BCUT2D eigenvalue weighted by Crippen LogP contribution is 2.15. The number of rotatable bonds is 0. The van der Waals surface area contributed by atoms with E-state index in [0.717, 1.165) is 0 Å². The third kappa shape index (κ3) is 1.56. The fourth-order valence-corrected chi connectivity index (χ4v) is 1.31. The predicted molar refractivity (Wildman–Crippen MR) is 55.8 cm³/mol. The number of nitrogens with zero attached hydrogens (tertiary/aromatic N) is 2. The molecule has 0 saturated heterocycles. The number of halogens is 2. The normalized spacial score (nSPS) is 10.4. The summed E-state index contributed by atoms with van der Waals surface area (Å²) in [5.74, 6) is 0. The molecule has 0 aliphatic rings. The average molecular weight is 227 g/mol. The molecule has 0 spiro atoms. The first kappa shape index (κ1) is 9.37. The van der Waals surface area contributed by atoms with Crippen LogP contribution in [0.5, 0.6) is 0 Å². The molecule has 2 aromatic rings. The van der Waals surface area contributed by atoms with Crippen LogP contribution in [0.3, 0.4) is 0 Å². The van der Waals surface area contributed by atoms with Gasteiger partial charge in [0.05, 0.1) is 11.0 Å². The van der Waals surface area contributed by atoms with Crippen molar-refractivity contribution in [2.24, 2.45) is 0 Å². The van der Waals surface area contributed by atoms with Gasteiger partial charge in [-0.2, -0.15) is 0 Å². The van der Waals surface area contributed by atoms with Crippen LogP contribution in [0.4, 0.5) is 0 Å². The summed E-state index contributed by atoms with van der Waals surface area (Å²) in [4.78, 5) is 19.0. The van der Waals surface area contributed by atoms with Crippen molar-refractivity contribution in [3.05, 3.63) is 44.8 Å². The fraction of sp³-hybridized carbons (Fsp3) is 0. The Kier molecular flexibility index (Phi) is 2.35. The molecule has 0 unspecified atom stereocenters. The predicted octanol–water partition coefficient (Wildman–Crippen LogP) is 2.30. The van der Waals surface area contributed by atoms with Crippen LogP contribution in [0.15, 0.2) is 29.1 Å². The number of fused-ring (bicyclic) bond motifs is 1. The van der Waals surface area contributed by atoms with Crippen LogP contribution in [0.2, 0.25) is 10.2 Å². The lowest BCUT2D eigenvalue weighted by Gasteiger charge is -1.86. The topological polar surface area (TPSA) is 42.9 Å². The summed E-state index contributed by atoms with van der Waals surface area (Å²) in [5.41, 5.74) is 0.457. The van der Waals surface area contributed by atoms with Gasteiger partial charge in [0, 0.05) is 0 Å². The Hall–Kier alpha value is -1.19. The molecular weight excluding hydrogens is 223 g/mol. The van der Waals surface area contributed by atoms with Gasteiger partial charge < -0.3 is 0 Å². The van der Waals surface area contributed by atoms with Gasteiger partial charge in [0.25, 0.3) is 5.56 Å². The summed E-state index contributed by atoms with van der Waals surface area (Å²) >= 11 is 11.3. The maximum absolute atomic E-state index is 11.3. The summed E-state index contributed by atoms with van der Waals surface area (Å²) in [6, 6.07) is 6.93. The molecule has 0 radical (unpaired) electrons. The summed E-state index contributed by atoms with van der Waals surface area (Å²) in [6.07, 6.45) is 0. The third-order valence-corrected chi connectivity index (χ3v) is 2.40. The van der Waals surface area contributed by atoms with Gasteiger partial charge in [0.2, 0.25) is 0 Å². The molecule has 0 fully saturated rings. The Morgan fingerprint density at radius 2 is 1.57 bits per heavy atom. The van der Waals surface area contributed by atoms with Crippen LogP contribution in [-0.2, 0) is 0 Å². The van der Waals surface area contributed by atoms with Crippen molar-refractivity contribution in [2.75, 3.05) is 0 Å². The van der Waals surface area contributed by atoms with Gasteiger partial charge in [-0.1, -0.05) is 35.3 Å². The highest BCUT2D eigenvalue weighted by Gasteiger charge is 2.04. The molecule has 0 saturated carbocycles. The lowest BCUT2D eigenvalue weighted by atomic mass is 10.3. The van der Waals surface area contributed by atoms with E-state index in [1.807, 2.05) is 0 Å². The third-order valence-electron chi connectivity index (χ3n) is 1.69. The molecule has 3 nitrogen and oxygen atoms in total. The fourth-order valence-electron chi connectivity index (χ4n) is 1.05. The number of aromatic nitrogens is 2. The van der Waals surface area contributed by atoms with E-state index in [1.54, 1.807) is 24.3 Å². The lowest BCUT2D eigenvalue weighted by molar-refractivity contribution is 1.33. The van der Waals surface area contributed by atoms with Gasteiger partial charge >= 0.3 is 0 Å². The van der Waals surface area contributed by atoms with Crippen molar-refractivity contribution in [2.45, 2.75) is 0 Å². The maximum Gasteiger partial charge on any atom is 0.292 e. The molecular formula is C9H4Cl2N2O. The number of para-hydroxylation sites is 2. The largest absolute Gasteiger partial charge is 0.292 e. The Balaban J connectivity index is 3.02. The second-order valence-electron chi connectivity index (χ2n) is 2.62. The highest BCUT2D eigenvalue weighted by molar-refractivity contribution is 6.41. The van der Waals surface area contributed by atoms with Gasteiger partial charge in [0.15, 0.2) is 5.15 Å². The van der Waals surface area contributed by atoms with E-state index in [2.05, 4.69) is 9.97 Å². The van der Waals surface area contributed by atoms with Crippen molar-refractivity contribution in [3.8, 4) is 0 Å². The van der Waals surface area contributed by atoms with Crippen molar-refractivity contribution in [3.63, 3.8) is 0 Å². The van der Waals surface area contributed by atoms with Gasteiger partial charge in [0.1, 0.15) is 5.02 Å². The van der Waals surface area contributed by atoms with Crippen LogP contribution in [-0.4, -0.2) is 9.97 Å². The zero-order valence-electron chi connectivity index (χ0n) is 6.87. The van der Waals surface area contributed by atoms with Crippen LogP contribution >= 0.6 is 23.2 Å². The molecule has 0 atom stereocenters. The summed E-state index contributed by atoms with van der Waals surface area (Å²) in [7, 11) is 0. The van der Waals surface area contributed by atoms with Gasteiger partial charge in [-0.15, -0.1) is 0 Å². The highest BCUT2D eigenvalue weighted by atomic mass is 35.5. The Bertz CT molecular complexity index is 557. The molecule has 0 amide bonds. The van der Waals surface area contributed by atoms with Gasteiger partial charge in [-0.25, -0.2) is 9.97 Å². The Labute approximate surface area is 89.3 Å². The van der Waals surface area contributed by atoms with Gasteiger partial charge in [-0.3, -0.25) is 4.79 Å². The smallest absolute Gasteiger partial charge is 0.266 e. The van der Waals surface area contributed by atoms with E-state index in [4.69, 9.17) is 23.2 Å². The van der Waals surface area contributed by atoms with E-state index in [1.165, 1.54) is 0 Å². The first-order chi connectivity index (χ1) is 6.68. The van der Waals surface area contributed by atoms with E-state index < -0.39 is 5.56 Å². The summed E-state index contributed by atoms with van der Waals surface area (Å²) < 4.78 is 0. The maximum atomic E-state index is 11.3. The molecule has 0 bridgehead atoms. The minimum Gasteiger partial charge on any atom is -0.266 e. The molecule has 0 aliphatic heterocycles. The van der Waals surface area contributed by atoms with E-state index in [9.17, 15) is 4.79 Å². The first-order valence-electron chi connectivity index (χ1n) is 3.80. The number of hydrogen-bond donors (Lipinski definition) is 0. The van der Waals surface area contributed by atoms with Crippen LogP contribution in [0.25, 0.3) is 11.0 Å². The molecule has 70 valence electrons. The second kappa shape index (κ2) is 3.52. The minimum absolute atomic E-state index is 0.0228. The second-order valence-corrected chi connectivity index (χ2v) is 3.36. The van der Waals surface area contributed by atoms with E-state index in [0.29, 0.717) is 11.0 Å². The summed E-state index contributed by atoms with van der Waals surface area (Å²) in [6.45, 7) is 0. The van der Waals surface area contributed by atoms with Crippen LogP contribution in [0, 0.1) is 0 Å². The molecule has 1 aromatic heterocycles. The molecule has 0 aliphatic carbocycles. The van der Waals surface area contributed by atoms with Crippen LogP contribution < -0.4 is 5.56 Å². The molecule has 1 heterocycles. The number of benzene rings is 1. The molecule has 0 N–H and O–H groups in total. The molecule has 14 heavy (non-hydrogen) atoms. The summed E-state index contributed by atoms with van der Waals surface area (Å²) in [5, 5.41) is -0.173. The Morgan fingerprint density at radius 1 is 1.00 bits per heavy atom. The van der Waals surface area contributed by atoms with E-state index >= 15 is 0 Å². The zero-order valence-corrected chi connectivity index (χ0v) is 8.38. The molecule has 5 heteroatoms. The average Bonchev–Trinajstić information content (AvgIpc) is 2.28. The van der Waals surface area contributed by atoms with Crippen LogP contribution in [0.1, 0.15) is 0 Å². The standard InChI is InChI=1S/C9H4Cl2N2O/c10-7-8(11)12-5-3-1-2-4-6(5)13-9(7)14/h1-4H. The quantitative estimate of drug-likeness (QED) is 0.693. The van der Waals surface area contributed by atoms with Crippen molar-refractivity contribution in [1.82, 2.24) is 9.97 Å². The van der Waals surface area contributed by atoms with Gasteiger partial charge in [-0.05, 0) is 12.1 Å². The lowest BCUT2D eigenvalue weighted by Crippen LogP contribution is -2.01. The monoisotopic (exact) mass is 226 g/mol. The van der Waals surface area contributed by atoms with Crippen molar-refractivity contribution >= 4 is 34.2 Å². The SMILES string of the molecule is O=c1nc2ccccc2nc(Cl)c1Cl. The minimum atomic E-state index is -0.564. The molecule has 1 aromatic carbocycles. The number of hydrogen-bond acceptors (Lipinski definition) is 3. The zero-order chi connectivity index (χ0) is 10.1. The van der Waals surface area contributed by atoms with Crippen molar-refractivity contribution in [1.29, 1.82) is 0 Å². The van der Waals surface area contributed by atoms with Crippen molar-refractivity contribution < 1.29 is 0 Å². The Morgan fingerprint density at radius 3 is 2.21 bits per heavy atom. The molecule has 2 rings (SSSR count).